The number of aryl methyl sites for hydroxylation is 1. The molecule has 1 rings (SSSR count). The fourth-order valence-electron chi connectivity index (χ4n) is 1.14. The van der Waals surface area contributed by atoms with Gasteiger partial charge in [-0.3, -0.25) is 0 Å². The van der Waals surface area contributed by atoms with Crippen molar-refractivity contribution in [3.8, 4) is 11.8 Å². The minimum absolute atomic E-state index is 0.825. The number of nitriles is 1. The quantitative estimate of drug-likeness (QED) is 0.756. The van der Waals surface area contributed by atoms with E-state index in [0.717, 1.165) is 21.3 Å². The van der Waals surface area contributed by atoms with Crippen molar-refractivity contribution in [2.45, 2.75) is 6.92 Å². The van der Waals surface area contributed by atoms with E-state index in [1.54, 1.807) is 13.2 Å². The summed E-state index contributed by atoms with van der Waals surface area (Å²) in [6.07, 6.45) is 3.18. The number of rotatable bonds is 2. The predicted octanol–water partition coefficient (Wildman–Crippen LogP) is 3.30. The van der Waals surface area contributed by atoms with Crippen LogP contribution in [-0.4, -0.2) is 7.11 Å². The van der Waals surface area contributed by atoms with Gasteiger partial charge in [-0.2, -0.15) is 5.26 Å². The normalized spacial score (nSPS) is 10.1. The van der Waals surface area contributed by atoms with Crippen LogP contribution in [0.2, 0.25) is 0 Å². The van der Waals surface area contributed by atoms with Crippen molar-refractivity contribution < 1.29 is 4.74 Å². The molecule has 0 aromatic heterocycles. The highest BCUT2D eigenvalue weighted by Gasteiger charge is 2.03. The molecule has 1 aromatic carbocycles. The van der Waals surface area contributed by atoms with Gasteiger partial charge in [0.1, 0.15) is 5.75 Å². The van der Waals surface area contributed by atoms with Crippen LogP contribution in [0.15, 0.2) is 22.7 Å². The molecule has 1 aromatic rings. The molecule has 0 radical (unpaired) electrons. The van der Waals surface area contributed by atoms with Crippen LogP contribution < -0.4 is 4.74 Å². The van der Waals surface area contributed by atoms with Gasteiger partial charge in [0.15, 0.2) is 0 Å². The standard InChI is InChI=1S/C11H10BrNO/c1-8-6-10(12)9(4-3-5-13)7-11(8)14-2/h3-4,6-7H,1-2H3. The molecule has 0 atom stereocenters. The second kappa shape index (κ2) is 4.83. The topological polar surface area (TPSA) is 33.0 Å². The van der Waals surface area contributed by atoms with E-state index in [1.807, 2.05) is 25.1 Å². The molecular formula is C11H10BrNO. The first-order valence-corrected chi connectivity index (χ1v) is 4.88. The molecule has 3 heteroatoms. The Bertz CT molecular complexity index is 404. The van der Waals surface area contributed by atoms with E-state index in [4.69, 9.17) is 10.00 Å². The molecule has 0 amide bonds. The fourth-order valence-corrected chi connectivity index (χ4v) is 1.73. The van der Waals surface area contributed by atoms with E-state index < -0.39 is 0 Å². The van der Waals surface area contributed by atoms with Crippen molar-refractivity contribution in [1.29, 1.82) is 5.26 Å². The molecule has 0 unspecified atom stereocenters. The second-order valence-corrected chi connectivity index (χ2v) is 3.66. The molecule has 0 bridgehead atoms. The lowest BCUT2D eigenvalue weighted by Crippen LogP contribution is -1.88. The third-order valence-corrected chi connectivity index (χ3v) is 2.54. The number of allylic oxidation sites excluding steroid dienone is 1. The third-order valence-electron chi connectivity index (χ3n) is 1.85. The van der Waals surface area contributed by atoms with Crippen molar-refractivity contribution in [3.63, 3.8) is 0 Å². The average Bonchev–Trinajstić information content (AvgIpc) is 2.17. The van der Waals surface area contributed by atoms with E-state index in [1.165, 1.54) is 6.08 Å². The maximum atomic E-state index is 8.42. The molecule has 0 aliphatic rings. The van der Waals surface area contributed by atoms with Crippen molar-refractivity contribution in [2.75, 3.05) is 7.11 Å². The van der Waals surface area contributed by atoms with Gasteiger partial charge in [-0.25, -0.2) is 0 Å². The van der Waals surface area contributed by atoms with Gasteiger partial charge >= 0.3 is 0 Å². The lowest BCUT2D eigenvalue weighted by Gasteiger charge is -2.07. The number of methoxy groups -OCH3 is 1. The van der Waals surface area contributed by atoms with Crippen LogP contribution in [0.3, 0.4) is 0 Å². The van der Waals surface area contributed by atoms with Gasteiger partial charge in [0.25, 0.3) is 0 Å². The Morgan fingerprint density at radius 3 is 2.79 bits per heavy atom. The lowest BCUT2D eigenvalue weighted by molar-refractivity contribution is 0.411. The van der Waals surface area contributed by atoms with Crippen LogP contribution in [-0.2, 0) is 0 Å². The Morgan fingerprint density at radius 1 is 1.50 bits per heavy atom. The molecule has 2 nitrogen and oxygen atoms in total. The van der Waals surface area contributed by atoms with Crippen molar-refractivity contribution in [3.05, 3.63) is 33.8 Å². The SMILES string of the molecule is COc1cc(C=CC#N)c(Br)cc1C. The van der Waals surface area contributed by atoms with Crippen molar-refractivity contribution in [1.82, 2.24) is 0 Å². The lowest BCUT2D eigenvalue weighted by atomic mass is 10.1. The molecule has 72 valence electrons. The molecule has 0 saturated carbocycles. The minimum atomic E-state index is 0.825. The Balaban J connectivity index is 3.18. The summed E-state index contributed by atoms with van der Waals surface area (Å²) >= 11 is 3.42. The number of hydrogen-bond acceptors (Lipinski definition) is 2. The zero-order chi connectivity index (χ0) is 10.6. The van der Waals surface area contributed by atoms with Crippen LogP contribution in [0, 0.1) is 18.3 Å². The Kier molecular flexibility index (Phi) is 3.73. The van der Waals surface area contributed by atoms with Gasteiger partial charge in [-0.05, 0) is 36.3 Å². The Hall–Kier alpha value is -1.27. The predicted molar refractivity (Wildman–Crippen MR) is 60.1 cm³/mol. The Labute approximate surface area is 91.9 Å². The second-order valence-electron chi connectivity index (χ2n) is 2.81. The van der Waals surface area contributed by atoms with E-state index in [2.05, 4.69) is 15.9 Å². The summed E-state index contributed by atoms with van der Waals surface area (Å²) < 4.78 is 6.14. The summed E-state index contributed by atoms with van der Waals surface area (Å²) in [6.45, 7) is 1.97. The Morgan fingerprint density at radius 2 is 2.21 bits per heavy atom. The first kappa shape index (κ1) is 10.8. The summed E-state index contributed by atoms with van der Waals surface area (Å²) in [7, 11) is 1.63. The molecule has 0 heterocycles. The summed E-state index contributed by atoms with van der Waals surface area (Å²) in [5, 5.41) is 8.42. The highest BCUT2D eigenvalue weighted by Crippen LogP contribution is 2.27. The van der Waals surface area contributed by atoms with Gasteiger partial charge in [0.05, 0.1) is 13.2 Å². The van der Waals surface area contributed by atoms with Crippen LogP contribution in [0.5, 0.6) is 5.75 Å². The van der Waals surface area contributed by atoms with Crippen molar-refractivity contribution in [2.24, 2.45) is 0 Å². The molecule has 14 heavy (non-hydrogen) atoms. The monoisotopic (exact) mass is 251 g/mol. The molecular weight excluding hydrogens is 242 g/mol. The number of nitrogens with zero attached hydrogens (tertiary/aromatic N) is 1. The third kappa shape index (κ3) is 2.36. The maximum absolute atomic E-state index is 8.42. The number of hydrogen-bond donors (Lipinski definition) is 0. The molecule has 0 spiro atoms. The van der Waals surface area contributed by atoms with Crippen LogP contribution >= 0.6 is 15.9 Å². The maximum Gasteiger partial charge on any atom is 0.122 e. The number of benzene rings is 1. The first-order valence-electron chi connectivity index (χ1n) is 4.09. The zero-order valence-corrected chi connectivity index (χ0v) is 9.63. The fraction of sp³-hybridized carbons (Fsp3) is 0.182. The van der Waals surface area contributed by atoms with Crippen LogP contribution in [0.1, 0.15) is 11.1 Å². The summed E-state index contributed by atoms with van der Waals surface area (Å²) in [4.78, 5) is 0. The van der Waals surface area contributed by atoms with E-state index in [-0.39, 0.29) is 0 Å². The summed E-state index contributed by atoms with van der Waals surface area (Å²) in [5.74, 6) is 0.825. The number of halogens is 1. The molecule has 0 fully saturated rings. The van der Waals surface area contributed by atoms with Gasteiger partial charge in [0, 0.05) is 10.5 Å². The van der Waals surface area contributed by atoms with Crippen molar-refractivity contribution >= 4 is 22.0 Å². The van der Waals surface area contributed by atoms with Crippen LogP contribution in [0.25, 0.3) is 6.08 Å². The number of ether oxygens (including phenoxy) is 1. The van der Waals surface area contributed by atoms with Gasteiger partial charge in [-0.1, -0.05) is 15.9 Å². The molecule has 0 N–H and O–H groups in total. The molecule has 0 aliphatic heterocycles. The smallest absolute Gasteiger partial charge is 0.122 e. The summed E-state index contributed by atoms with van der Waals surface area (Å²) in [5.41, 5.74) is 2.00. The highest BCUT2D eigenvalue weighted by molar-refractivity contribution is 9.10. The first-order chi connectivity index (χ1) is 6.69. The van der Waals surface area contributed by atoms with Gasteiger partial charge in [0.2, 0.25) is 0 Å². The van der Waals surface area contributed by atoms with Crippen LogP contribution in [0.4, 0.5) is 0 Å². The van der Waals surface area contributed by atoms with E-state index >= 15 is 0 Å². The summed E-state index contributed by atoms with van der Waals surface area (Å²) in [6, 6.07) is 5.82. The largest absolute Gasteiger partial charge is 0.496 e. The molecule has 0 aliphatic carbocycles. The van der Waals surface area contributed by atoms with Gasteiger partial charge < -0.3 is 4.74 Å². The molecule has 0 saturated heterocycles. The van der Waals surface area contributed by atoms with E-state index in [9.17, 15) is 0 Å². The minimum Gasteiger partial charge on any atom is -0.496 e. The average molecular weight is 252 g/mol. The van der Waals surface area contributed by atoms with E-state index in [0.29, 0.717) is 0 Å². The van der Waals surface area contributed by atoms with Gasteiger partial charge in [-0.15, -0.1) is 0 Å². The highest BCUT2D eigenvalue weighted by atomic mass is 79.9. The zero-order valence-electron chi connectivity index (χ0n) is 8.04.